The predicted molar refractivity (Wildman–Crippen MR) is 71.3 cm³/mol. The highest BCUT2D eigenvalue weighted by molar-refractivity contribution is 5.04. The fourth-order valence-corrected chi connectivity index (χ4v) is 4.08. The van der Waals surface area contributed by atoms with Crippen LogP contribution in [0.25, 0.3) is 0 Å². The lowest BCUT2D eigenvalue weighted by molar-refractivity contribution is 0.368. The van der Waals surface area contributed by atoms with Crippen LogP contribution in [0.1, 0.15) is 66.7 Å². The van der Waals surface area contributed by atoms with Gasteiger partial charge in [-0.25, -0.2) is 0 Å². The van der Waals surface area contributed by atoms with Crippen molar-refractivity contribution in [2.24, 2.45) is 35.0 Å². The van der Waals surface area contributed by atoms with E-state index in [0.717, 1.165) is 29.6 Å². The van der Waals surface area contributed by atoms with Gasteiger partial charge in [0.05, 0.1) is 0 Å². The second kappa shape index (κ2) is 4.35. The second-order valence-corrected chi connectivity index (χ2v) is 7.18. The first-order valence-corrected chi connectivity index (χ1v) is 7.51. The van der Waals surface area contributed by atoms with Crippen LogP contribution >= 0.6 is 0 Å². The summed E-state index contributed by atoms with van der Waals surface area (Å²) in [5.74, 6) is 5.30. The van der Waals surface area contributed by atoms with Gasteiger partial charge in [0.15, 0.2) is 0 Å². The Morgan fingerprint density at radius 2 is 1.88 bits per heavy atom. The molecule has 0 nitrogen and oxygen atoms in total. The molecule has 0 saturated heterocycles. The van der Waals surface area contributed by atoms with Crippen molar-refractivity contribution in [2.45, 2.75) is 66.7 Å². The molecule has 0 amide bonds. The molecule has 5 atom stereocenters. The highest BCUT2D eigenvalue weighted by Gasteiger charge is 2.55. The molecule has 2 fully saturated rings. The molecule has 0 bridgehead atoms. The molecular formula is C16H30. The van der Waals surface area contributed by atoms with Crippen molar-refractivity contribution < 1.29 is 0 Å². The van der Waals surface area contributed by atoms with Crippen LogP contribution in [0.15, 0.2) is 0 Å². The third-order valence-corrected chi connectivity index (χ3v) is 5.64. The summed E-state index contributed by atoms with van der Waals surface area (Å²) in [6.07, 6.45) is 7.29. The van der Waals surface area contributed by atoms with Gasteiger partial charge in [0.25, 0.3) is 0 Å². The molecule has 0 aromatic rings. The Balaban J connectivity index is 1.80. The van der Waals surface area contributed by atoms with Crippen LogP contribution in [-0.2, 0) is 0 Å². The van der Waals surface area contributed by atoms with Gasteiger partial charge in [-0.05, 0) is 47.8 Å². The monoisotopic (exact) mass is 222 g/mol. The van der Waals surface area contributed by atoms with Gasteiger partial charge in [-0.1, -0.05) is 53.9 Å². The van der Waals surface area contributed by atoms with Crippen LogP contribution in [0.3, 0.4) is 0 Å². The summed E-state index contributed by atoms with van der Waals surface area (Å²) < 4.78 is 0. The van der Waals surface area contributed by atoms with E-state index in [9.17, 15) is 0 Å². The predicted octanol–water partition coefficient (Wildman–Crippen LogP) is 5.13. The molecule has 0 N–H and O–H groups in total. The van der Waals surface area contributed by atoms with Crippen molar-refractivity contribution in [1.82, 2.24) is 0 Å². The van der Waals surface area contributed by atoms with Gasteiger partial charge < -0.3 is 0 Å². The van der Waals surface area contributed by atoms with E-state index < -0.39 is 0 Å². The fourth-order valence-electron chi connectivity index (χ4n) is 4.08. The molecule has 2 aliphatic rings. The van der Waals surface area contributed by atoms with E-state index in [2.05, 4.69) is 34.6 Å². The lowest BCUT2D eigenvalue weighted by Gasteiger charge is -2.13. The summed E-state index contributed by atoms with van der Waals surface area (Å²) in [6, 6.07) is 0. The van der Waals surface area contributed by atoms with Gasteiger partial charge in [0, 0.05) is 0 Å². The Morgan fingerprint density at radius 3 is 2.31 bits per heavy atom. The summed E-state index contributed by atoms with van der Waals surface area (Å²) in [4.78, 5) is 0. The third-order valence-electron chi connectivity index (χ3n) is 5.64. The summed E-state index contributed by atoms with van der Waals surface area (Å²) >= 11 is 0. The maximum atomic E-state index is 2.50. The topological polar surface area (TPSA) is 0 Å². The van der Waals surface area contributed by atoms with Crippen molar-refractivity contribution in [3.05, 3.63) is 0 Å². The summed E-state index contributed by atoms with van der Waals surface area (Å²) in [5, 5.41) is 0. The Labute approximate surface area is 102 Å². The van der Waals surface area contributed by atoms with E-state index in [1.807, 2.05) is 0 Å². The molecule has 0 heteroatoms. The van der Waals surface area contributed by atoms with Crippen molar-refractivity contribution in [3.8, 4) is 0 Å². The average Bonchev–Trinajstić information content (AvgIpc) is 3.03. The second-order valence-electron chi connectivity index (χ2n) is 7.18. The molecule has 2 rings (SSSR count). The maximum absolute atomic E-state index is 2.50. The molecule has 0 radical (unpaired) electrons. The molecule has 2 saturated carbocycles. The van der Waals surface area contributed by atoms with Crippen molar-refractivity contribution in [3.63, 3.8) is 0 Å². The molecule has 0 heterocycles. The molecule has 16 heavy (non-hydrogen) atoms. The van der Waals surface area contributed by atoms with E-state index in [4.69, 9.17) is 0 Å². The van der Waals surface area contributed by atoms with E-state index in [-0.39, 0.29) is 0 Å². The summed E-state index contributed by atoms with van der Waals surface area (Å²) in [6.45, 7) is 12.1. The quantitative estimate of drug-likeness (QED) is 0.584. The van der Waals surface area contributed by atoms with Crippen LogP contribution in [0.5, 0.6) is 0 Å². The molecule has 0 aliphatic heterocycles. The maximum Gasteiger partial charge on any atom is -0.0323 e. The minimum absolute atomic E-state index is 0.694. The molecule has 0 spiro atoms. The van der Waals surface area contributed by atoms with Gasteiger partial charge in [-0.15, -0.1) is 0 Å². The average molecular weight is 222 g/mol. The van der Waals surface area contributed by atoms with Crippen LogP contribution < -0.4 is 0 Å². The summed E-state index contributed by atoms with van der Waals surface area (Å²) in [7, 11) is 0. The third kappa shape index (κ3) is 2.31. The minimum Gasteiger partial charge on any atom is -0.0654 e. The summed E-state index contributed by atoms with van der Waals surface area (Å²) in [5.41, 5.74) is 0.694. The van der Waals surface area contributed by atoms with Gasteiger partial charge in [-0.2, -0.15) is 0 Å². The van der Waals surface area contributed by atoms with Gasteiger partial charge >= 0.3 is 0 Å². The lowest BCUT2D eigenvalue weighted by atomic mass is 9.92. The zero-order chi connectivity index (χ0) is 11.9. The standard InChI is InChI=1S/C16H30/c1-6-8-12(7-2)15-11(3)14(15)9-13-10-16(13,4)5/h11-15H,6-10H2,1-5H3. The number of rotatable bonds is 6. The highest BCUT2D eigenvalue weighted by atomic mass is 14.6. The Hall–Kier alpha value is 0. The molecule has 5 unspecified atom stereocenters. The van der Waals surface area contributed by atoms with Crippen LogP contribution in [0.4, 0.5) is 0 Å². The van der Waals surface area contributed by atoms with E-state index in [1.54, 1.807) is 6.42 Å². The van der Waals surface area contributed by atoms with Crippen molar-refractivity contribution in [2.75, 3.05) is 0 Å². The van der Waals surface area contributed by atoms with Crippen LogP contribution in [0, 0.1) is 35.0 Å². The SMILES string of the molecule is CCCC(CC)C1C(C)C1CC1CC1(C)C. The molecular weight excluding hydrogens is 192 g/mol. The Bertz CT molecular complexity index is 240. The van der Waals surface area contributed by atoms with Gasteiger partial charge in [0.2, 0.25) is 0 Å². The lowest BCUT2D eigenvalue weighted by Crippen LogP contribution is -2.04. The Kier molecular flexibility index (Phi) is 3.39. The first kappa shape index (κ1) is 12.5. The molecule has 0 aromatic carbocycles. The van der Waals surface area contributed by atoms with Crippen LogP contribution in [0.2, 0.25) is 0 Å². The largest absolute Gasteiger partial charge is 0.0654 e. The zero-order valence-corrected chi connectivity index (χ0v) is 11.9. The highest BCUT2D eigenvalue weighted by Crippen LogP contribution is 2.63. The normalized spacial score (nSPS) is 41.8. The number of hydrogen-bond acceptors (Lipinski definition) is 0. The fraction of sp³-hybridized carbons (Fsp3) is 1.00. The van der Waals surface area contributed by atoms with E-state index >= 15 is 0 Å². The van der Waals surface area contributed by atoms with Gasteiger partial charge in [0.1, 0.15) is 0 Å². The minimum atomic E-state index is 0.694. The first-order valence-electron chi connectivity index (χ1n) is 7.51. The van der Waals surface area contributed by atoms with Crippen molar-refractivity contribution in [1.29, 1.82) is 0 Å². The smallest absolute Gasteiger partial charge is 0.0323 e. The molecule has 94 valence electrons. The molecule has 2 aliphatic carbocycles. The van der Waals surface area contributed by atoms with Crippen LogP contribution in [-0.4, -0.2) is 0 Å². The first-order chi connectivity index (χ1) is 7.51. The van der Waals surface area contributed by atoms with E-state index in [1.165, 1.54) is 25.7 Å². The van der Waals surface area contributed by atoms with Gasteiger partial charge in [-0.3, -0.25) is 0 Å². The zero-order valence-electron chi connectivity index (χ0n) is 11.9. The molecule has 0 aromatic heterocycles. The number of hydrogen-bond donors (Lipinski definition) is 0. The van der Waals surface area contributed by atoms with Crippen molar-refractivity contribution >= 4 is 0 Å². The Morgan fingerprint density at radius 1 is 1.25 bits per heavy atom. The van der Waals surface area contributed by atoms with E-state index in [0.29, 0.717) is 5.41 Å².